The minimum Gasteiger partial charge on any atom is -0.493 e. The van der Waals surface area contributed by atoms with E-state index in [2.05, 4.69) is 0 Å². The first-order valence-corrected chi connectivity index (χ1v) is 14.3. The smallest absolute Gasteiger partial charge is 0.307 e. The summed E-state index contributed by atoms with van der Waals surface area (Å²) in [6, 6.07) is 18.4. The van der Waals surface area contributed by atoms with Crippen molar-refractivity contribution in [3.63, 3.8) is 0 Å². The number of ether oxygens (including phenoxy) is 2. The standard InChI is InChI=1S/C31H25N3O5.C4H10O/c1-17-14-24-21(7-9-26(34-24)39-16-18-2-4-20(5-3-18)31(32)37)29(23(17)15-27(35)36)22-6-8-25-28-19(11-13-38-25)10-12-33-30(22)28;1-4(2,3)5/h2-10,12,14H,11,13,15-16H2,1H3,(H2,32,37)(H,35,36);5H,1-3H3. The highest BCUT2D eigenvalue weighted by Crippen LogP contribution is 2.42. The molecule has 1 amide bonds. The second-order valence-corrected chi connectivity index (χ2v) is 11.8. The third-order valence-corrected chi connectivity index (χ3v) is 7.09. The van der Waals surface area contributed by atoms with Gasteiger partial charge < -0.3 is 25.4 Å². The molecule has 2 aromatic heterocycles. The van der Waals surface area contributed by atoms with Crippen LogP contribution in [-0.4, -0.2) is 44.3 Å². The molecule has 0 atom stereocenters. The van der Waals surface area contributed by atoms with Crippen LogP contribution in [-0.2, 0) is 24.2 Å². The van der Waals surface area contributed by atoms with Gasteiger partial charge in [0.1, 0.15) is 12.4 Å². The summed E-state index contributed by atoms with van der Waals surface area (Å²) in [5.74, 6) is -0.169. The maximum absolute atomic E-state index is 11.9. The molecule has 3 aromatic carbocycles. The molecule has 44 heavy (non-hydrogen) atoms. The number of aliphatic hydroxyl groups is 1. The highest BCUT2D eigenvalue weighted by Gasteiger charge is 2.22. The fourth-order valence-electron chi connectivity index (χ4n) is 5.22. The molecule has 0 spiro atoms. The van der Waals surface area contributed by atoms with E-state index in [1.807, 2.05) is 37.3 Å². The number of hydrogen-bond donors (Lipinski definition) is 3. The molecule has 5 aromatic rings. The van der Waals surface area contributed by atoms with Gasteiger partial charge in [0.25, 0.3) is 0 Å². The van der Waals surface area contributed by atoms with Crippen molar-refractivity contribution in [3.8, 4) is 22.8 Å². The summed E-state index contributed by atoms with van der Waals surface area (Å²) in [6.45, 7) is 8.01. The van der Waals surface area contributed by atoms with Crippen LogP contribution < -0.4 is 15.2 Å². The molecule has 9 nitrogen and oxygen atoms in total. The van der Waals surface area contributed by atoms with Crippen molar-refractivity contribution >= 4 is 33.7 Å². The van der Waals surface area contributed by atoms with Gasteiger partial charge in [0, 0.05) is 40.6 Å². The Morgan fingerprint density at radius 3 is 2.45 bits per heavy atom. The lowest BCUT2D eigenvalue weighted by molar-refractivity contribution is -0.136. The number of carbonyl (C=O) groups is 2. The van der Waals surface area contributed by atoms with Crippen LogP contribution in [0.3, 0.4) is 0 Å². The number of hydrogen-bond acceptors (Lipinski definition) is 7. The van der Waals surface area contributed by atoms with Gasteiger partial charge >= 0.3 is 5.97 Å². The zero-order chi connectivity index (χ0) is 31.6. The van der Waals surface area contributed by atoms with E-state index in [-0.39, 0.29) is 13.0 Å². The summed E-state index contributed by atoms with van der Waals surface area (Å²) in [7, 11) is 0. The molecular weight excluding hydrogens is 558 g/mol. The first kappa shape index (κ1) is 30.4. The van der Waals surface area contributed by atoms with E-state index in [0.29, 0.717) is 23.6 Å². The number of carboxylic acids is 1. The number of carbonyl (C=O) groups excluding carboxylic acids is 1. The summed E-state index contributed by atoms with van der Waals surface area (Å²) >= 11 is 0. The molecule has 0 saturated heterocycles. The fourth-order valence-corrected chi connectivity index (χ4v) is 5.22. The lowest BCUT2D eigenvalue weighted by atomic mass is 9.88. The number of nitrogens with two attached hydrogens (primary N) is 1. The van der Waals surface area contributed by atoms with Crippen LogP contribution in [0.2, 0.25) is 0 Å². The molecule has 3 heterocycles. The van der Waals surface area contributed by atoms with Crippen LogP contribution in [0.15, 0.2) is 66.9 Å². The zero-order valence-corrected chi connectivity index (χ0v) is 25.2. The van der Waals surface area contributed by atoms with Gasteiger partial charge in [-0.25, -0.2) is 4.98 Å². The Bertz CT molecular complexity index is 1860. The van der Waals surface area contributed by atoms with Crippen molar-refractivity contribution in [2.45, 2.75) is 52.7 Å². The first-order chi connectivity index (χ1) is 20.9. The zero-order valence-electron chi connectivity index (χ0n) is 25.2. The van der Waals surface area contributed by atoms with Crippen LogP contribution in [0.1, 0.15) is 53.4 Å². The van der Waals surface area contributed by atoms with Gasteiger partial charge in [0.15, 0.2) is 0 Å². The van der Waals surface area contributed by atoms with E-state index >= 15 is 0 Å². The number of aliphatic carboxylic acids is 1. The van der Waals surface area contributed by atoms with Crippen molar-refractivity contribution in [2.24, 2.45) is 5.73 Å². The molecule has 0 saturated carbocycles. The summed E-state index contributed by atoms with van der Waals surface area (Å²) in [6.07, 6.45) is 2.46. The minimum atomic E-state index is -0.909. The monoisotopic (exact) mass is 593 g/mol. The Hall–Kier alpha value is -5.02. The third-order valence-electron chi connectivity index (χ3n) is 7.09. The van der Waals surface area contributed by atoms with Gasteiger partial charge in [0.2, 0.25) is 11.8 Å². The number of fused-ring (bicyclic) bond motifs is 1. The molecule has 1 aliphatic rings. The largest absolute Gasteiger partial charge is 0.493 e. The second kappa shape index (κ2) is 12.3. The summed E-state index contributed by atoms with van der Waals surface area (Å²) < 4.78 is 11.9. The number of primary amides is 1. The summed E-state index contributed by atoms with van der Waals surface area (Å²) in [5.41, 5.74) is 11.9. The molecular formula is C35H35N3O6. The van der Waals surface area contributed by atoms with Crippen LogP contribution in [0.4, 0.5) is 0 Å². The third kappa shape index (κ3) is 6.79. The predicted molar refractivity (Wildman–Crippen MR) is 169 cm³/mol. The lowest BCUT2D eigenvalue weighted by Crippen LogP contribution is -2.10. The maximum Gasteiger partial charge on any atom is 0.307 e. The van der Waals surface area contributed by atoms with E-state index in [1.54, 1.807) is 57.3 Å². The molecule has 9 heteroatoms. The van der Waals surface area contributed by atoms with Gasteiger partial charge in [-0.15, -0.1) is 0 Å². The Kier molecular flexibility index (Phi) is 8.51. The Morgan fingerprint density at radius 2 is 1.77 bits per heavy atom. The van der Waals surface area contributed by atoms with Gasteiger partial charge in [-0.3, -0.25) is 14.6 Å². The molecule has 6 rings (SSSR count). The number of benzene rings is 3. The highest BCUT2D eigenvalue weighted by atomic mass is 16.5. The van der Waals surface area contributed by atoms with E-state index < -0.39 is 17.5 Å². The molecule has 226 valence electrons. The lowest BCUT2D eigenvalue weighted by Gasteiger charge is -2.21. The second-order valence-electron chi connectivity index (χ2n) is 11.8. The van der Waals surface area contributed by atoms with Crippen LogP contribution in [0.5, 0.6) is 11.6 Å². The Labute approximate surface area is 255 Å². The van der Waals surface area contributed by atoms with Crippen molar-refractivity contribution in [1.82, 2.24) is 9.97 Å². The number of aromatic nitrogens is 2. The summed E-state index contributed by atoms with van der Waals surface area (Å²) in [5, 5.41) is 20.1. The number of nitrogens with zero attached hydrogens (tertiary/aromatic N) is 2. The van der Waals surface area contributed by atoms with Gasteiger partial charge in [-0.05, 0) is 98.0 Å². The van der Waals surface area contributed by atoms with E-state index in [4.69, 9.17) is 30.3 Å². The Morgan fingerprint density at radius 1 is 1.05 bits per heavy atom. The molecule has 1 aliphatic heterocycles. The van der Waals surface area contributed by atoms with Crippen LogP contribution in [0, 0.1) is 6.92 Å². The van der Waals surface area contributed by atoms with Crippen molar-refractivity contribution in [1.29, 1.82) is 0 Å². The molecule has 0 radical (unpaired) electrons. The van der Waals surface area contributed by atoms with E-state index in [0.717, 1.165) is 61.8 Å². The molecule has 0 bridgehead atoms. The topological polar surface area (TPSA) is 145 Å². The van der Waals surface area contributed by atoms with E-state index in [9.17, 15) is 14.7 Å². The Balaban J connectivity index is 0.000000712. The van der Waals surface area contributed by atoms with Gasteiger partial charge in [0.05, 0.1) is 29.7 Å². The van der Waals surface area contributed by atoms with E-state index in [1.165, 1.54) is 0 Å². The summed E-state index contributed by atoms with van der Waals surface area (Å²) in [4.78, 5) is 32.7. The van der Waals surface area contributed by atoms with Crippen molar-refractivity contribution < 1.29 is 29.3 Å². The average Bonchev–Trinajstić information content (AvgIpc) is 2.96. The fraction of sp³-hybridized carbons (Fsp3) is 0.257. The highest BCUT2D eigenvalue weighted by molar-refractivity contribution is 6.08. The number of aryl methyl sites for hydroxylation is 1. The van der Waals surface area contributed by atoms with Crippen LogP contribution in [0.25, 0.3) is 32.9 Å². The number of rotatable bonds is 7. The first-order valence-electron chi connectivity index (χ1n) is 14.3. The van der Waals surface area contributed by atoms with Gasteiger partial charge in [-0.1, -0.05) is 12.1 Å². The predicted octanol–water partition coefficient (Wildman–Crippen LogP) is 5.78. The minimum absolute atomic E-state index is 0.129. The van der Waals surface area contributed by atoms with Gasteiger partial charge in [-0.2, -0.15) is 0 Å². The average molecular weight is 594 g/mol. The molecule has 0 aliphatic carbocycles. The van der Waals surface area contributed by atoms with Crippen LogP contribution >= 0.6 is 0 Å². The number of carboxylic acid groups (broad SMARTS) is 1. The normalized spacial score (nSPS) is 12.3. The molecule has 0 fully saturated rings. The van der Waals surface area contributed by atoms with Crippen molar-refractivity contribution in [3.05, 3.63) is 94.7 Å². The number of pyridine rings is 2. The quantitative estimate of drug-likeness (QED) is 0.216. The SMILES string of the molecule is CC(C)(C)O.Cc1cc2nc(OCc3ccc(C(N)=O)cc3)ccc2c(-c2ccc3c4c(ccnc24)CCO3)c1CC(=O)O. The maximum atomic E-state index is 11.9. The molecule has 4 N–H and O–H groups in total. The number of amides is 1. The molecule has 0 unspecified atom stereocenters. The van der Waals surface area contributed by atoms with Crippen molar-refractivity contribution in [2.75, 3.05) is 6.61 Å².